The minimum Gasteiger partial charge on any atom is -0.251 e. The van der Waals surface area contributed by atoms with Crippen LogP contribution in [0.1, 0.15) is 16.7 Å². The minimum absolute atomic E-state index is 0.422. The molecule has 3 heteroatoms. The van der Waals surface area contributed by atoms with Gasteiger partial charge in [-0.2, -0.15) is 0 Å². The van der Waals surface area contributed by atoms with Gasteiger partial charge in [-0.25, -0.2) is 4.98 Å². The van der Waals surface area contributed by atoms with Gasteiger partial charge in [0, 0.05) is 5.56 Å². The quantitative estimate of drug-likeness (QED) is 0.749. The Morgan fingerprint density at radius 2 is 1.56 bits per heavy atom. The van der Waals surface area contributed by atoms with Crippen molar-refractivity contribution in [1.82, 2.24) is 9.97 Å². The van der Waals surface area contributed by atoms with Gasteiger partial charge < -0.3 is 0 Å². The molecule has 0 amide bonds. The van der Waals surface area contributed by atoms with Gasteiger partial charge in [-0.05, 0) is 31.9 Å². The normalized spacial score (nSPS) is 10.5. The van der Waals surface area contributed by atoms with E-state index in [0.717, 1.165) is 11.3 Å². The molecule has 0 unspecified atom stereocenters. The Hall–Kier alpha value is -1.41. The summed E-state index contributed by atoms with van der Waals surface area (Å²) in [6, 6.07) is 4.30. The molecule has 1 heterocycles. The summed E-state index contributed by atoms with van der Waals surface area (Å²) < 4.78 is 0. The van der Waals surface area contributed by atoms with E-state index in [1.807, 2.05) is 0 Å². The van der Waals surface area contributed by atoms with E-state index in [1.54, 1.807) is 12.4 Å². The second kappa shape index (κ2) is 4.22. The van der Waals surface area contributed by atoms with Crippen LogP contribution in [-0.2, 0) is 0 Å². The second-order valence-corrected chi connectivity index (χ2v) is 4.39. The van der Waals surface area contributed by atoms with Crippen LogP contribution < -0.4 is 0 Å². The molecule has 0 fully saturated rings. The van der Waals surface area contributed by atoms with Crippen molar-refractivity contribution in [1.29, 1.82) is 0 Å². The predicted molar refractivity (Wildman–Crippen MR) is 66.7 cm³/mol. The van der Waals surface area contributed by atoms with Crippen molar-refractivity contribution in [3.63, 3.8) is 0 Å². The molecule has 16 heavy (non-hydrogen) atoms. The third-order valence-corrected chi connectivity index (χ3v) is 2.75. The van der Waals surface area contributed by atoms with Crippen LogP contribution >= 0.6 is 11.6 Å². The third kappa shape index (κ3) is 2.07. The van der Waals surface area contributed by atoms with E-state index >= 15 is 0 Å². The van der Waals surface area contributed by atoms with Crippen molar-refractivity contribution in [3.8, 4) is 11.3 Å². The molecule has 0 atom stereocenters. The van der Waals surface area contributed by atoms with Gasteiger partial charge in [0.05, 0.1) is 18.1 Å². The Kier molecular flexibility index (Phi) is 2.92. The van der Waals surface area contributed by atoms with Gasteiger partial charge >= 0.3 is 0 Å². The minimum atomic E-state index is 0.422. The first-order chi connectivity index (χ1) is 7.58. The molecule has 0 saturated carbocycles. The average molecular weight is 233 g/mol. The Labute approximate surface area is 100 Å². The molecule has 1 aromatic heterocycles. The van der Waals surface area contributed by atoms with Crippen molar-refractivity contribution >= 4 is 11.6 Å². The summed E-state index contributed by atoms with van der Waals surface area (Å²) in [7, 11) is 0. The fraction of sp³-hybridized carbons (Fsp3) is 0.231. The molecule has 0 N–H and O–H groups in total. The molecule has 2 aromatic rings. The zero-order valence-corrected chi connectivity index (χ0v) is 10.3. The summed E-state index contributed by atoms with van der Waals surface area (Å²) >= 11 is 5.73. The SMILES string of the molecule is Cc1cc(C)c(-c2cnc(Cl)cn2)c(C)c1. The number of halogens is 1. The summed E-state index contributed by atoms with van der Waals surface area (Å²) in [5.74, 6) is 0. The molecule has 2 nitrogen and oxygen atoms in total. The van der Waals surface area contributed by atoms with Crippen LogP contribution in [0.15, 0.2) is 24.5 Å². The maximum Gasteiger partial charge on any atom is 0.147 e. The van der Waals surface area contributed by atoms with Crippen LogP contribution in [0.4, 0.5) is 0 Å². The molecule has 82 valence electrons. The van der Waals surface area contributed by atoms with Crippen molar-refractivity contribution in [2.24, 2.45) is 0 Å². The molecule has 2 rings (SSSR count). The number of hydrogen-bond donors (Lipinski definition) is 0. The summed E-state index contributed by atoms with van der Waals surface area (Å²) in [4.78, 5) is 8.37. The molecule has 0 aliphatic rings. The fourth-order valence-electron chi connectivity index (χ4n) is 2.03. The highest BCUT2D eigenvalue weighted by molar-refractivity contribution is 6.29. The van der Waals surface area contributed by atoms with Gasteiger partial charge in [0.15, 0.2) is 0 Å². The van der Waals surface area contributed by atoms with Crippen LogP contribution in [0.5, 0.6) is 0 Å². The monoisotopic (exact) mass is 232 g/mol. The van der Waals surface area contributed by atoms with E-state index < -0.39 is 0 Å². The summed E-state index contributed by atoms with van der Waals surface area (Å²) in [6.45, 7) is 6.27. The lowest BCUT2D eigenvalue weighted by Gasteiger charge is -2.10. The first kappa shape index (κ1) is 11.1. The van der Waals surface area contributed by atoms with Crippen LogP contribution in [0.2, 0.25) is 5.15 Å². The highest BCUT2D eigenvalue weighted by atomic mass is 35.5. The van der Waals surface area contributed by atoms with E-state index in [1.165, 1.54) is 16.7 Å². The van der Waals surface area contributed by atoms with E-state index in [4.69, 9.17) is 11.6 Å². The highest BCUT2D eigenvalue weighted by Crippen LogP contribution is 2.26. The number of hydrogen-bond acceptors (Lipinski definition) is 2. The Balaban J connectivity index is 2.60. The number of nitrogens with zero attached hydrogens (tertiary/aromatic N) is 2. The summed E-state index contributed by atoms with van der Waals surface area (Å²) in [5, 5.41) is 0.422. The fourth-order valence-corrected chi connectivity index (χ4v) is 2.12. The number of aryl methyl sites for hydroxylation is 3. The average Bonchev–Trinajstić information content (AvgIpc) is 2.19. The number of aromatic nitrogens is 2. The predicted octanol–water partition coefficient (Wildman–Crippen LogP) is 3.72. The molecular weight excluding hydrogens is 220 g/mol. The van der Waals surface area contributed by atoms with E-state index in [9.17, 15) is 0 Å². The molecule has 1 aromatic carbocycles. The molecule has 0 bridgehead atoms. The first-order valence-corrected chi connectivity index (χ1v) is 5.51. The molecule has 0 radical (unpaired) electrons. The molecule has 0 aliphatic heterocycles. The van der Waals surface area contributed by atoms with E-state index in [2.05, 4.69) is 42.9 Å². The Bertz CT molecular complexity index is 495. The van der Waals surface area contributed by atoms with Gasteiger partial charge in [0.1, 0.15) is 5.15 Å². The Morgan fingerprint density at radius 1 is 0.938 bits per heavy atom. The van der Waals surface area contributed by atoms with Gasteiger partial charge in [0.2, 0.25) is 0 Å². The largest absolute Gasteiger partial charge is 0.251 e. The van der Waals surface area contributed by atoms with Gasteiger partial charge in [-0.1, -0.05) is 29.3 Å². The topological polar surface area (TPSA) is 25.8 Å². The van der Waals surface area contributed by atoms with Crippen molar-refractivity contribution in [2.75, 3.05) is 0 Å². The van der Waals surface area contributed by atoms with Gasteiger partial charge in [-0.15, -0.1) is 0 Å². The summed E-state index contributed by atoms with van der Waals surface area (Å²) in [6.07, 6.45) is 3.29. The van der Waals surface area contributed by atoms with Crippen LogP contribution in [0.3, 0.4) is 0 Å². The van der Waals surface area contributed by atoms with E-state index in [0.29, 0.717) is 5.15 Å². The van der Waals surface area contributed by atoms with Crippen molar-refractivity contribution < 1.29 is 0 Å². The zero-order chi connectivity index (χ0) is 11.7. The lowest BCUT2D eigenvalue weighted by atomic mass is 9.98. The van der Waals surface area contributed by atoms with Crippen LogP contribution in [0, 0.1) is 20.8 Å². The summed E-state index contributed by atoms with van der Waals surface area (Å²) in [5.41, 5.74) is 5.72. The molecule has 0 aliphatic carbocycles. The lowest BCUT2D eigenvalue weighted by molar-refractivity contribution is 1.19. The lowest BCUT2D eigenvalue weighted by Crippen LogP contribution is -1.93. The third-order valence-electron chi connectivity index (χ3n) is 2.55. The maximum atomic E-state index is 5.73. The standard InChI is InChI=1S/C13H13ClN2/c1-8-4-9(2)13(10(3)5-8)11-6-16-12(14)7-15-11/h4-7H,1-3H3. The number of benzene rings is 1. The van der Waals surface area contributed by atoms with Crippen molar-refractivity contribution in [2.45, 2.75) is 20.8 Å². The number of rotatable bonds is 1. The zero-order valence-electron chi connectivity index (χ0n) is 9.58. The van der Waals surface area contributed by atoms with Crippen LogP contribution in [-0.4, -0.2) is 9.97 Å². The Morgan fingerprint density at radius 3 is 2.06 bits per heavy atom. The highest BCUT2D eigenvalue weighted by Gasteiger charge is 2.08. The maximum absolute atomic E-state index is 5.73. The van der Waals surface area contributed by atoms with Crippen molar-refractivity contribution in [3.05, 3.63) is 46.4 Å². The van der Waals surface area contributed by atoms with Gasteiger partial charge in [0.25, 0.3) is 0 Å². The second-order valence-electron chi connectivity index (χ2n) is 4.00. The molecular formula is C13H13ClN2. The van der Waals surface area contributed by atoms with Crippen LogP contribution in [0.25, 0.3) is 11.3 Å². The molecule has 0 spiro atoms. The molecule has 0 saturated heterocycles. The van der Waals surface area contributed by atoms with E-state index in [-0.39, 0.29) is 0 Å². The smallest absolute Gasteiger partial charge is 0.147 e. The van der Waals surface area contributed by atoms with Gasteiger partial charge in [-0.3, -0.25) is 4.98 Å². The first-order valence-electron chi connectivity index (χ1n) is 5.13.